The summed E-state index contributed by atoms with van der Waals surface area (Å²) in [6, 6.07) is 14.1. The van der Waals surface area contributed by atoms with Gasteiger partial charge in [0.2, 0.25) is 0 Å². The maximum atomic E-state index is 5.84. The van der Waals surface area contributed by atoms with Crippen molar-refractivity contribution < 1.29 is 0 Å². The van der Waals surface area contributed by atoms with Gasteiger partial charge in [-0.1, -0.05) is 18.2 Å². The highest BCUT2D eigenvalue weighted by Gasteiger charge is 2.12. The molecular formula is C16H19N3. The Morgan fingerprint density at radius 3 is 2.53 bits per heavy atom. The zero-order chi connectivity index (χ0) is 13.1. The monoisotopic (exact) mass is 253 g/mol. The zero-order valence-corrected chi connectivity index (χ0v) is 11.0. The molecule has 0 aliphatic carbocycles. The van der Waals surface area contributed by atoms with Crippen molar-refractivity contribution in [1.82, 2.24) is 4.98 Å². The van der Waals surface area contributed by atoms with E-state index < -0.39 is 0 Å². The lowest BCUT2D eigenvalue weighted by Gasteiger charge is -2.28. The highest BCUT2D eigenvalue weighted by atomic mass is 15.2. The van der Waals surface area contributed by atoms with Gasteiger partial charge in [0, 0.05) is 24.3 Å². The minimum absolute atomic E-state index is 0.780. The van der Waals surface area contributed by atoms with E-state index in [0.29, 0.717) is 0 Å². The van der Waals surface area contributed by atoms with Gasteiger partial charge in [0.1, 0.15) is 5.82 Å². The van der Waals surface area contributed by atoms with Crippen molar-refractivity contribution >= 4 is 11.5 Å². The van der Waals surface area contributed by atoms with Gasteiger partial charge in [0.25, 0.3) is 0 Å². The Bertz CT molecular complexity index is 559. The number of hydrogen-bond acceptors (Lipinski definition) is 3. The second kappa shape index (κ2) is 5.31. The second-order valence-corrected chi connectivity index (χ2v) is 5.05. The molecule has 2 N–H and O–H groups in total. The van der Waals surface area contributed by atoms with E-state index in [0.717, 1.165) is 35.9 Å². The molecule has 1 aromatic heterocycles. The molecule has 1 fully saturated rings. The van der Waals surface area contributed by atoms with Gasteiger partial charge in [0.05, 0.1) is 5.69 Å². The Balaban J connectivity index is 1.91. The first-order chi connectivity index (χ1) is 9.33. The second-order valence-electron chi connectivity index (χ2n) is 5.05. The molecule has 0 unspecified atom stereocenters. The molecule has 0 amide bonds. The highest BCUT2D eigenvalue weighted by molar-refractivity contribution is 5.65. The summed E-state index contributed by atoms with van der Waals surface area (Å²) < 4.78 is 0. The fourth-order valence-electron chi connectivity index (χ4n) is 2.58. The Hall–Kier alpha value is -2.03. The number of benzene rings is 1. The van der Waals surface area contributed by atoms with Crippen molar-refractivity contribution in [2.24, 2.45) is 0 Å². The molecule has 3 heteroatoms. The van der Waals surface area contributed by atoms with Gasteiger partial charge in [-0.3, -0.25) is 0 Å². The molecule has 1 aromatic carbocycles. The van der Waals surface area contributed by atoms with Crippen molar-refractivity contribution in [3.05, 3.63) is 42.5 Å². The van der Waals surface area contributed by atoms with Crippen LogP contribution in [0.25, 0.3) is 11.3 Å². The summed E-state index contributed by atoms with van der Waals surface area (Å²) in [5, 5.41) is 0. The lowest BCUT2D eigenvalue weighted by Crippen LogP contribution is -2.30. The van der Waals surface area contributed by atoms with Gasteiger partial charge >= 0.3 is 0 Å². The number of aromatic nitrogens is 1. The Morgan fingerprint density at radius 2 is 1.74 bits per heavy atom. The SMILES string of the molecule is Nc1cccc(-c2cccc(N3CCCCC3)n2)c1. The quantitative estimate of drug-likeness (QED) is 0.835. The normalized spacial score (nSPS) is 15.5. The highest BCUT2D eigenvalue weighted by Crippen LogP contribution is 2.23. The molecule has 3 rings (SSSR count). The molecule has 0 bridgehead atoms. The number of nitrogens with zero attached hydrogens (tertiary/aromatic N) is 2. The predicted molar refractivity (Wildman–Crippen MR) is 80.1 cm³/mol. The van der Waals surface area contributed by atoms with Crippen LogP contribution in [0, 0.1) is 0 Å². The van der Waals surface area contributed by atoms with E-state index in [1.54, 1.807) is 0 Å². The summed E-state index contributed by atoms with van der Waals surface area (Å²) in [5.41, 5.74) is 8.70. The van der Waals surface area contributed by atoms with Crippen LogP contribution < -0.4 is 10.6 Å². The summed E-state index contributed by atoms with van der Waals surface area (Å²) in [6.45, 7) is 2.24. The fraction of sp³-hybridized carbons (Fsp3) is 0.312. The van der Waals surface area contributed by atoms with E-state index in [9.17, 15) is 0 Å². The number of piperidine rings is 1. The van der Waals surface area contributed by atoms with E-state index in [1.165, 1.54) is 19.3 Å². The number of pyridine rings is 1. The largest absolute Gasteiger partial charge is 0.399 e. The lowest BCUT2D eigenvalue weighted by atomic mass is 10.1. The summed E-state index contributed by atoms with van der Waals surface area (Å²) >= 11 is 0. The summed E-state index contributed by atoms with van der Waals surface area (Å²) in [6.07, 6.45) is 3.87. The van der Waals surface area contributed by atoms with Crippen molar-refractivity contribution in [3.8, 4) is 11.3 Å². The van der Waals surface area contributed by atoms with Crippen molar-refractivity contribution in [2.45, 2.75) is 19.3 Å². The smallest absolute Gasteiger partial charge is 0.129 e. The van der Waals surface area contributed by atoms with Gasteiger partial charge in [-0.2, -0.15) is 0 Å². The van der Waals surface area contributed by atoms with Crippen LogP contribution in [0.1, 0.15) is 19.3 Å². The van der Waals surface area contributed by atoms with E-state index in [1.807, 2.05) is 24.3 Å². The minimum atomic E-state index is 0.780. The topological polar surface area (TPSA) is 42.1 Å². The zero-order valence-electron chi connectivity index (χ0n) is 11.0. The molecule has 98 valence electrons. The molecule has 0 saturated carbocycles. The van der Waals surface area contributed by atoms with Crippen LogP contribution >= 0.6 is 0 Å². The summed E-state index contributed by atoms with van der Waals surface area (Å²) in [7, 11) is 0. The third-order valence-corrected chi connectivity index (χ3v) is 3.60. The standard InChI is InChI=1S/C16H19N3/c17-14-7-4-6-13(12-14)15-8-5-9-16(18-15)19-10-2-1-3-11-19/h4-9,12H,1-3,10-11,17H2. The maximum absolute atomic E-state index is 5.84. The number of hydrogen-bond donors (Lipinski definition) is 1. The average Bonchev–Trinajstić information content (AvgIpc) is 2.48. The van der Waals surface area contributed by atoms with E-state index in [2.05, 4.69) is 23.1 Å². The molecule has 1 saturated heterocycles. The number of anilines is 2. The van der Waals surface area contributed by atoms with Crippen LogP contribution in [0.2, 0.25) is 0 Å². The first-order valence-corrected chi connectivity index (χ1v) is 6.91. The van der Waals surface area contributed by atoms with E-state index >= 15 is 0 Å². The van der Waals surface area contributed by atoms with Crippen LogP contribution in [-0.2, 0) is 0 Å². The van der Waals surface area contributed by atoms with Gasteiger partial charge in [0.15, 0.2) is 0 Å². The molecule has 1 aliphatic rings. The third-order valence-electron chi connectivity index (χ3n) is 3.60. The van der Waals surface area contributed by atoms with Crippen molar-refractivity contribution in [3.63, 3.8) is 0 Å². The van der Waals surface area contributed by atoms with Gasteiger partial charge in [-0.15, -0.1) is 0 Å². The predicted octanol–water partition coefficient (Wildman–Crippen LogP) is 3.32. The van der Waals surface area contributed by atoms with Crippen molar-refractivity contribution in [2.75, 3.05) is 23.7 Å². The molecule has 19 heavy (non-hydrogen) atoms. The number of nitrogen functional groups attached to an aromatic ring is 1. The molecule has 0 radical (unpaired) electrons. The van der Waals surface area contributed by atoms with Gasteiger partial charge in [-0.25, -0.2) is 4.98 Å². The molecule has 2 heterocycles. The minimum Gasteiger partial charge on any atom is -0.399 e. The first kappa shape index (κ1) is 12.0. The van der Waals surface area contributed by atoms with E-state index in [-0.39, 0.29) is 0 Å². The Kier molecular flexibility index (Phi) is 3.36. The number of nitrogens with two attached hydrogens (primary N) is 1. The molecule has 3 nitrogen and oxygen atoms in total. The van der Waals surface area contributed by atoms with Crippen LogP contribution in [0.5, 0.6) is 0 Å². The average molecular weight is 253 g/mol. The summed E-state index contributed by atoms with van der Waals surface area (Å²) in [5.74, 6) is 1.08. The Morgan fingerprint density at radius 1 is 0.947 bits per heavy atom. The van der Waals surface area contributed by atoms with E-state index in [4.69, 9.17) is 10.7 Å². The molecule has 0 atom stereocenters. The fourth-order valence-corrected chi connectivity index (χ4v) is 2.58. The molecule has 0 spiro atoms. The van der Waals surface area contributed by atoms with Crippen LogP contribution in [0.3, 0.4) is 0 Å². The summed E-state index contributed by atoms with van der Waals surface area (Å²) in [4.78, 5) is 7.15. The lowest BCUT2D eigenvalue weighted by molar-refractivity contribution is 0.573. The molecule has 1 aliphatic heterocycles. The van der Waals surface area contributed by atoms with Crippen LogP contribution in [0.4, 0.5) is 11.5 Å². The molecular weight excluding hydrogens is 234 g/mol. The first-order valence-electron chi connectivity index (χ1n) is 6.91. The molecule has 2 aromatic rings. The third kappa shape index (κ3) is 2.70. The number of rotatable bonds is 2. The maximum Gasteiger partial charge on any atom is 0.129 e. The van der Waals surface area contributed by atoms with Crippen molar-refractivity contribution in [1.29, 1.82) is 0 Å². The van der Waals surface area contributed by atoms with Gasteiger partial charge in [-0.05, 0) is 43.5 Å². The van der Waals surface area contributed by atoms with Crippen LogP contribution in [0.15, 0.2) is 42.5 Å². The Labute approximate surface area is 114 Å². The van der Waals surface area contributed by atoms with Gasteiger partial charge < -0.3 is 10.6 Å². The van der Waals surface area contributed by atoms with Crippen LogP contribution in [-0.4, -0.2) is 18.1 Å².